The molecule has 1 N–H and O–H groups in total. The topological polar surface area (TPSA) is 88.5 Å². The summed E-state index contributed by atoms with van der Waals surface area (Å²) in [5, 5.41) is 6.68. The minimum atomic E-state index is -1.07. The molecule has 0 aliphatic carbocycles. The molecule has 2 rings (SSSR count). The molecular weight excluding hydrogens is 379 g/mol. The fourth-order valence-corrected chi connectivity index (χ4v) is 1.89. The SMILES string of the molecule is O=C(Cl)c1cccc(C(=O)Cl)c1.O=C(O)c1cccc(C(=O)Cl)c1. The van der Waals surface area contributed by atoms with Crippen LogP contribution in [0.2, 0.25) is 0 Å². The number of carbonyl (C=O) groups is 4. The van der Waals surface area contributed by atoms with Crippen molar-refractivity contribution >= 4 is 56.5 Å². The number of carbonyl (C=O) groups excluding carboxylic acids is 3. The Kier molecular flexibility index (Phi) is 7.58. The molecule has 0 saturated heterocycles. The summed E-state index contributed by atoms with van der Waals surface area (Å²) in [6, 6.07) is 11.5. The molecule has 0 aliphatic rings. The Bertz CT molecular complexity index is 676. The zero-order valence-corrected chi connectivity index (χ0v) is 14.1. The third-order valence-corrected chi connectivity index (χ3v) is 3.31. The number of aromatic carboxylic acids is 1. The van der Waals surface area contributed by atoms with Gasteiger partial charge in [0.05, 0.1) is 5.56 Å². The minimum absolute atomic E-state index is 0.0569. The second-order valence-corrected chi connectivity index (χ2v) is 5.32. The van der Waals surface area contributed by atoms with Gasteiger partial charge in [0.15, 0.2) is 0 Å². The summed E-state index contributed by atoms with van der Waals surface area (Å²) in [6.07, 6.45) is 0. The zero-order valence-electron chi connectivity index (χ0n) is 11.8. The summed E-state index contributed by atoms with van der Waals surface area (Å²) in [4.78, 5) is 42.3. The Balaban J connectivity index is 0.000000240. The van der Waals surface area contributed by atoms with Gasteiger partial charge in [-0.15, -0.1) is 0 Å². The van der Waals surface area contributed by atoms with Gasteiger partial charge in [-0.2, -0.15) is 0 Å². The standard InChI is InChI=1S/C8H4Cl2O2.C8H5ClO3/c9-7(11)5-2-1-3-6(4-5)8(10)12;9-7(10)5-2-1-3-6(4-5)8(11)12/h1-4H;1-4H,(H,11,12). The largest absolute Gasteiger partial charge is 0.478 e. The zero-order chi connectivity index (χ0) is 18.3. The Morgan fingerprint density at radius 3 is 1.21 bits per heavy atom. The quantitative estimate of drug-likeness (QED) is 0.794. The lowest BCUT2D eigenvalue weighted by Gasteiger charge is -1.95. The molecule has 0 amide bonds. The van der Waals surface area contributed by atoms with Crippen LogP contribution in [0, 0.1) is 0 Å². The van der Waals surface area contributed by atoms with Gasteiger partial charge >= 0.3 is 5.97 Å². The maximum Gasteiger partial charge on any atom is 0.335 e. The van der Waals surface area contributed by atoms with E-state index in [2.05, 4.69) is 0 Å². The normalized spacial score (nSPS) is 9.46. The van der Waals surface area contributed by atoms with Gasteiger partial charge in [0.2, 0.25) is 0 Å². The third kappa shape index (κ3) is 6.12. The van der Waals surface area contributed by atoms with E-state index in [1.807, 2.05) is 0 Å². The van der Waals surface area contributed by atoms with E-state index in [4.69, 9.17) is 39.9 Å². The van der Waals surface area contributed by atoms with E-state index < -0.39 is 21.7 Å². The molecular formula is C16H9Cl3O5. The smallest absolute Gasteiger partial charge is 0.335 e. The highest BCUT2D eigenvalue weighted by molar-refractivity contribution is 6.69. The summed E-state index contributed by atoms with van der Waals surface area (Å²) in [5.74, 6) is -1.07. The molecule has 0 atom stereocenters. The molecule has 0 fully saturated rings. The fourth-order valence-electron chi connectivity index (χ4n) is 1.54. The van der Waals surface area contributed by atoms with E-state index in [1.54, 1.807) is 6.07 Å². The maximum absolute atomic E-state index is 10.6. The summed E-state index contributed by atoms with van der Waals surface area (Å²) in [6.45, 7) is 0. The molecule has 0 radical (unpaired) electrons. The third-order valence-electron chi connectivity index (χ3n) is 2.65. The first kappa shape index (κ1) is 19.8. The van der Waals surface area contributed by atoms with Crippen LogP contribution in [0.15, 0.2) is 48.5 Å². The highest BCUT2D eigenvalue weighted by atomic mass is 35.5. The van der Waals surface area contributed by atoms with Gasteiger partial charge in [-0.25, -0.2) is 4.79 Å². The van der Waals surface area contributed by atoms with Crippen LogP contribution in [0.3, 0.4) is 0 Å². The predicted octanol–water partition coefficient (Wildman–Crippen LogP) is 4.21. The van der Waals surface area contributed by atoms with Crippen molar-refractivity contribution in [1.82, 2.24) is 0 Å². The van der Waals surface area contributed by atoms with Crippen molar-refractivity contribution in [3.05, 3.63) is 70.8 Å². The summed E-state index contributed by atoms with van der Waals surface area (Å²) >= 11 is 15.5. The van der Waals surface area contributed by atoms with Crippen molar-refractivity contribution in [3.8, 4) is 0 Å². The number of carboxylic acids is 1. The predicted molar refractivity (Wildman–Crippen MR) is 90.4 cm³/mol. The average molecular weight is 388 g/mol. The average Bonchev–Trinajstić information content (AvgIpc) is 2.55. The first-order chi connectivity index (χ1) is 11.2. The lowest BCUT2D eigenvalue weighted by Crippen LogP contribution is -1.98. The maximum atomic E-state index is 10.6. The Morgan fingerprint density at radius 2 is 0.917 bits per heavy atom. The Hall–Kier alpha value is -2.21. The molecule has 0 aliphatic heterocycles. The number of hydrogen-bond acceptors (Lipinski definition) is 4. The van der Waals surface area contributed by atoms with Crippen molar-refractivity contribution in [2.45, 2.75) is 0 Å². The van der Waals surface area contributed by atoms with Gasteiger partial charge in [-0.3, -0.25) is 14.4 Å². The van der Waals surface area contributed by atoms with Crippen LogP contribution in [-0.2, 0) is 0 Å². The Labute approximate surface area is 151 Å². The number of rotatable bonds is 4. The lowest BCUT2D eigenvalue weighted by atomic mass is 10.1. The van der Waals surface area contributed by atoms with Gasteiger partial charge in [0.25, 0.3) is 15.7 Å². The van der Waals surface area contributed by atoms with E-state index in [9.17, 15) is 19.2 Å². The van der Waals surface area contributed by atoms with Gasteiger partial charge in [0, 0.05) is 16.7 Å². The monoisotopic (exact) mass is 386 g/mol. The molecule has 0 spiro atoms. The lowest BCUT2D eigenvalue weighted by molar-refractivity contribution is 0.0696. The molecule has 2 aromatic carbocycles. The van der Waals surface area contributed by atoms with E-state index in [-0.39, 0.29) is 22.3 Å². The second-order valence-electron chi connectivity index (χ2n) is 4.29. The summed E-state index contributed by atoms with van der Waals surface area (Å²) in [5.41, 5.74) is 0.782. The minimum Gasteiger partial charge on any atom is -0.478 e. The van der Waals surface area contributed by atoms with Gasteiger partial charge in [-0.05, 0) is 53.0 Å². The van der Waals surface area contributed by atoms with E-state index in [0.29, 0.717) is 0 Å². The van der Waals surface area contributed by atoms with Crippen LogP contribution in [0.4, 0.5) is 0 Å². The molecule has 124 valence electrons. The first-order valence-corrected chi connectivity index (χ1v) is 7.38. The molecule has 5 nitrogen and oxygen atoms in total. The van der Waals surface area contributed by atoms with Crippen molar-refractivity contribution in [1.29, 1.82) is 0 Å². The first-order valence-electron chi connectivity index (χ1n) is 6.25. The van der Waals surface area contributed by atoms with Crippen LogP contribution in [0.1, 0.15) is 41.4 Å². The van der Waals surface area contributed by atoms with Crippen LogP contribution in [-0.4, -0.2) is 26.8 Å². The van der Waals surface area contributed by atoms with Crippen LogP contribution in [0.5, 0.6) is 0 Å². The molecule has 0 aromatic heterocycles. The fraction of sp³-hybridized carbons (Fsp3) is 0. The molecule has 0 saturated carbocycles. The molecule has 8 heteroatoms. The Morgan fingerprint density at radius 1 is 0.625 bits per heavy atom. The van der Waals surface area contributed by atoms with Crippen LogP contribution in [0.25, 0.3) is 0 Å². The van der Waals surface area contributed by atoms with Crippen LogP contribution < -0.4 is 0 Å². The molecule has 24 heavy (non-hydrogen) atoms. The van der Waals surface area contributed by atoms with Crippen molar-refractivity contribution in [2.75, 3.05) is 0 Å². The van der Waals surface area contributed by atoms with E-state index in [0.717, 1.165) is 0 Å². The number of carboxylic acid groups (broad SMARTS) is 1. The molecule has 0 heterocycles. The van der Waals surface area contributed by atoms with Crippen molar-refractivity contribution in [2.24, 2.45) is 0 Å². The highest BCUT2D eigenvalue weighted by Gasteiger charge is 2.06. The highest BCUT2D eigenvalue weighted by Crippen LogP contribution is 2.10. The van der Waals surface area contributed by atoms with Gasteiger partial charge < -0.3 is 5.11 Å². The van der Waals surface area contributed by atoms with Crippen molar-refractivity contribution in [3.63, 3.8) is 0 Å². The number of benzene rings is 2. The second kappa shape index (κ2) is 9.17. The number of halogens is 3. The van der Waals surface area contributed by atoms with Gasteiger partial charge in [0.1, 0.15) is 0 Å². The summed E-state index contributed by atoms with van der Waals surface area (Å²) in [7, 11) is 0. The molecule has 0 bridgehead atoms. The van der Waals surface area contributed by atoms with E-state index >= 15 is 0 Å². The van der Waals surface area contributed by atoms with Gasteiger partial charge in [-0.1, -0.05) is 30.3 Å². The van der Waals surface area contributed by atoms with E-state index in [1.165, 1.54) is 42.5 Å². The van der Waals surface area contributed by atoms with Crippen molar-refractivity contribution < 1.29 is 24.3 Å². The molecule has 2 aromatic rings. The summed E-state index contributed by atoms with van der Waals surface area (Å²) < 4.78 is 0. The number of hydrogen-bond donors (Lipinski definition) is 1. The van der Waals surface area contributed by atoms with Crippen LogP contribution >= 0.6 is 34.8 Å². The molecule has 0 unspecified atom stereocenters.